The van der Waals surface area contributed by atoms with Crippen LogP contribution < -0.4 is 14.8 Å². The van der Waals surface area contributed by atoms with E-state index < -0.39 is 0 Å². The second kappa shape index (κ2) is 6.61. The van der Waals surface area contributed by atoms with Gasteiger partial charge in [0.15, 0.2) is 11.5 Å². The standard InChI is InChI=1S/C18H19ClN2O3/c1-4-24-15-10-11(9-13(19)16(15)23-3)17-20-14-8-6-5-7-12(14)18(22)21(17)2/h5-10,17,20H,4H2,1-3H3/t17-/m1/s1. The second-order valence-corrected chi connectivity index (χ2v) is 5.88. The van der Waals surface area contributed by atoms with Crippen LogP contribution in [0.1, 0.15) is 29.0 Å². The minimum atomic E-state index is -0.338. The van der Waals surface area contributed by atoms with Crippen LogP contribution >= 0.6 is 11.6 Å². The summed E-state index contributed by atoms with van der Waals surface area (Å²) >= 11 is 6.34. The quantitative estimate of drug-likeness (QED) is 0.911. The second-order valence-electron chi connectivity index (χ2n) is 5.48. The molecule has 1 atom stereocenters. The third kappa shape index (κ3) is 2.76. The van der Waals surface area contributed by atoms with Crippen molar-refractivity contribution in [3.8, 4) is 11.5 Å². The average molecular weight is 347 g/mol. The molecule has 3 rings (SSSR count). The van der Waals surface area contributed by atoms with E-state index in [9.17, 15) is 4.79 Å². The normalized spacial score (nSPS) is 16.4. The lowest BCUT2D eigenvalue weighted by Gasteiger charge is -2.35. The lowest BCUT2D eigenvalue weighted by molar-refractivity contribution is 0.0735. The number of methoxy groups -OCH3 is 1. The molecule has 1 amide bonds. The molecule has 0 saturated carbocycles. The number of rotatable bonds is 4. The van der Waals surface area contributed by atoms with E-state index in [0.29, 0.717) is 28.7 Å². The Kier molecular flexibility index (Phi) is 4.53. The zero-order valence-corrected chi connectivity index (χ0v) is 14.6. The number of ether oxygens (including phenoxy) is 2. The summed E-state index contributed by atoms with van der Waals surface area (Å²) in [6.45, 7) is 2.39. The van der Waals surface area contributed by atoms with E-state index in [1.165, 1.54) is 0 Å². The molecule has 0 bridgehead atoms. The first kappa shape index (κ1) is 16.5. The number of nitrogens with zero attached hydrogens (tertiary/aromatic N) is 1. The third-order valence-electron chi connectivity index (χ3n) is 4.01. The van der Waals surface area contributed by atoms with Crippen LogP contribution in [0.3, 0.4) is 0 Å². The van der Waals surface area contributed by atoms with Crippen molar-refractivity contribution in [3.05, 3.63) is 52.5 Å². The van der Waals surface area contributed by atoms with Gasteiger partial charge in [0.1, 0.15) is 6.17 Å². The third-order valence-corrected chi connectivity index (χ3v) is 4.29. The summed E-state index contributed by atoms with van der Waals surface area (Å²) in [5.41, 5.74) is 2.28. The first-order valence-corrected chi connectivity index (χ1v) is 8.07. The van der Waals surface area contributed by atoms with Gasteiger partial charge in [0.2, 0.25) is 0 Å². The van der Waals surface area contributed by atoms with Gasteiger partial charge in [-0.3, -0.25) is 4.79 Å². The molecule has 2 aromatic carbocycles. The molecule has 0 radical (unpaired) electrons. The fourth-order valence-electron chi connectivity index (χ4n) is 2.86. The van der Waals surface area contributed by atoms with Gasteiger partial charge in [-0.25, -0.2) is 0 Å². The zero-order valence-electron chi connectivity index (χ0n) is 13.8. The number of carbonyl (C=O) groups is 1. The van der Waals surface area contributed by atoms with E-state index in [0.717, 1.165) is 11.3 Å². The molecule has 126 valence electrons. The molecule has 1 aliphatic heterocycles. The number of carbonyl (C=O) groups excluding carboxylic acids is 1. The highest BCUT2D eigenvalue weighted by Crippen LogP contribution is 2.40. The highest BCUT2D eigenvalue weighted by atomic mass is 35.5. The number of fused-ring (bicyclic) bond motifs is 1. The van der Waals surface area contributed by atoms with Crippen LogP contribution in [0, 0.1) is 0 Å². The first-order chi connectivity index (χ1) is 11.6. The molecule has 1 aliphatic rings. The molecule has 0 saturated heterocycles. The predicted octanol–water partition coefficient (Wildman–Crippen LogP) is 3.94. The van der Waals surface area contributed by atoms with Gasteiger partial charge >= 0.3 is 0 Å². The van der Waals surface area contributed by atoms with E-state index in [1.54, 1.807) is 25.1 Å². The highest BCUT2D eigenvalue weighted by Gasteiger charge is 2.31. The van der Waals surface area contributed by atoms with Gasteiger partial charge in [-0.15, -0.1) is 0 Å². The Hall–Kier alpha value is -2.40. The summed E-state index contributed by atoms with van der Waals surface area (Å²) in [6.07, 6.45) is -0.338. The fraction of sp³-hybridized carbons (Fsp3) is 0.278. The molecular formula is C18H19ClN2O3. The van der Waals surface area contributed by atoms with Gasteiger partial charge in [0, 0.05) is 18.3 Å². The molecule has 0 aromatic heterocycles. The molecule has 2 aromatic rings. The Bertz CT molecular complexity index is 779. The molecular weight excluding hydrogens is 328 g/mol. The summed E-state index contributed by atoms with van der Waals surface area (Å²) in [5.74, 6) is 1.01. The molecule has 1 N–H and O–H groups in total. The lowest BCUT2D eigenvalue weighted by atomic mass is 10.0. The number of amides is 1. The van der Waals surface area contributed by atoms with E-state index in [-0.39, 0.29) is 12.1 Å². The fourth-order valence-corrected chi connectivity index (χ4v) is 3.16. The molecule has 0 spiro atoms. The maximum Gasteiger partial charge on any atom is 0.257 e. The van der Waals surface area contributed by atoms with Crippen LogP contribution in [0.5, 0.6) is 11.5 Å². The Labute approximate surface area is 146 Å². The average Bonchev–Trinajstić information content (AvgIpc) is 2.58. The minimum Gasteiger partial charge on any atom is -0.491 e. The predicted molar refractivity (Wildman–Crippen MR) is 94.1 cm³/mol. The number of halogens is 1. The number of para-hydroxylation sites is 1. The Morgan fingerprint density at radius 2 is 2.04 bits per heavy atom. The number of hydrogen-bond donors (Lipinski definition) is 1. The summed E-state index contributed by atoms with van der Waals surface area (Å²) < 4.78 is 10.9. The van der Waals surface area contributed by atoms with Gasteiger partial charge < -0.3 is 19.7 Å². The van der Waals surface area contributed by atoms with Crippen molar-refractivity contribution in [2.24, 2.45) is 0 Å². The molecule has 6 heteroatoms. The van der Waals surface area contributed by atoms with Crippen molar-refractivity contribution >= 4 is 23.2 Å². The van der Waals surface area contributed by atoms with Crippen molar-refractivity contribution in [2.45, 2.75) is 13.1 Å². The minimum absolute atomic E-state index is 0.0424. The van der Waals surface area contributed by atoms with Crippen molar-refractivity contribution in [3.63, 3.8) is 0 Å². The smallest absolute Gasteiger partial charge is 0.257 e. The molecule has 1 heterocycles. The van der Waals surface area contributed by atoms with Gasteiger partial charge in [-0.2, -0.15) is 0 Å². The van der Waals surface area contributed by atoms with Gasteiger partial charge in [0.05, 0.1) is 24.3 Å². The largest absolute Gasteiger partial charge is 0.491 e. The van der Waals surface area contributed by atoms with Crippen LogP contribution in [0.2, 0.25) is 5.02 Å². The summed E-state index contributed by atoms with van der Waals surface area (Å²) in [7, 11) is 3.31. The van der Waals surface area contributed by atoms with E-state index >= 15 is 0 Å². The lowest BCUT2D eigenvalue weighted by Crippen LogP contribution is -2.40. The maximum absolute atomic E-state index is 12.6. The van der Waals surface area contributed by atoms with Crippen LogP contribution in [0.25, 0.3) is 0 Å². The zero-order chi connectivity index (χ0) is 17.3. The Balaban J connectivity index is 2.04. The van der Waals surface area contributed by atoms with Crippen molar-refractivity contribution < 1.29 is 14.3 Å². The van der Waals surface area contributed by atoms with Crippen LogP contribution in [0.15, 0.2) is 36.4 Å². The Morgan fingerprint density at radius 1 is 1.29 bits per heavy atom. The summed E-state index contributed by atoms with van der Waals surface area (Å²) in [4.78, 5) is 14.3. The molecule has 0 aliphatic carbocycles. The van der Waals surface area contributed by atoms with Gasteiger partial charge in [-0.05, 0) is 31.2 Å². The Morgan fingerprint density at radius 3 is 2.75 bits per heavy atom. The number of benzene rings is 2. The van der Waals surface area contributed by atoms with E-state index in [4.69, 9.17) is 21.1 Å². The monoisotopic (exact) mass is 346 g/mol. The highest BCUT2D eigenvalue weighted by molar-refractivity contribution is 6.32. The molecule has 24 heavy (non-hydrogen) atoms. The molecule has 0 fully saturated rings. The number of anilines is 1. The molecule has 5 nitrogen and oxygen atoms in total. The van der Waals surface area contributed by atoms with Crippen molar-refractivity contribution in [2.75, 3.05) is 26.1 Å². The van der Waals surface area contributed by atoms with E-state index in [1.807, 2.05) is 37.3 Å². The molecule has 0 unspecified atom stereocenters. The maximum atomic E-state index is 12.6. The summed E-state index contributed by atoms with van der Waals surface area (Å²) in [5, 5.41) is 3.82. The van der Waals surface area contributed by atoms with Crippen LogP contribution in [-0.2, 0) is 0 Å². The van der Waals surface area contributed by atoms with Crippen molar-refractivity contribution in [1.82, 2.24) is 4.90 Å². The van der Waals surface area contributed by atoms with Crippen molar-refractivity contribution in [1.29, 1.82) is 0 Å². The summed E-state index contributed by atoms with van der Waals surface area (Å²) in [6, 6.07) is 11.1. The van der Waals surface area contributed by atoms with Gasteiger partial charge in [-0.1, -0.05) is 23.7 Å². The topological polar surface area (TPSA) is 50.8 Å². The van der Waals surface area contributed by atoms with E-state index in [2.05, 4.69) is 5.32 Å². The first-order valence-electron chi connectivity index (χ1n) is 7.69. The van der Waals surface area contributed by atoms with Gasteiger partial charge in [0.25, 0.3) is 5.91 Å². The van der Waals surface area contributed by atoms with Crippen LogP contribution in [-0.4, -0.2) is 31.6 Å². The SMILES string of the molecule is CCOc1cc([C@@H]2Nc3ccccc3C(=O)N2C)cc(Cl)c1OC. The number of hydrogen-bond acceptors (Lipinski definition) is 4. The van der Waals surface area contributed by atoms with Crippen LogP contribution in [0.4, 0.5) is 5.69 Å². The number of nitrogens with one attached hydrogen (secondary N) is 1.